The first-order chi connectivity index (χ1) is 6.11. The maximum Gasteiger partial charge on any atom is 0.0994 e. The summed E-state index contributed by atoms with van der Waals surface area (Å²) in [6.07, 6.45) is -3.42. The predicted molar refractivity (Wildman–Crippen MR) is 42.9 cm³/mol. The first-order valence-electron chi connectivity index (χ1n) is 4.13. The maximum absolute atomic E-state index is 9.37. The number of hydrogen-bond donors (Lipinski definition) is 6. The van der Waals surface area contributed by atoms with Gasteiger partial charge in [0, 0.05) is 0 Å². The molecule has 0 bridgehead atoms. The zero-order valence-corrected chi connectivity index (χ0v) is 7.04. The van der Waals surface area contributed by atoms with Crippen LogP contribution in [0.4, 0.5) is 0 Å². The fourth-order valence-electron chi connectivity index (χ4n) is 1.51. The van der Waals surface area contributed by atoms with Gasteiger partial charge in [0.05, 0.1) is 43.6 Å². The Morgan fingerprint density at radius 2 is 1.77 bits per heavy atom. The van der Waals surface area contributed by atoms with Gasteiger partial charge in [0.15, 0.2) is 0 Å². The van der Waals surface area contributed by atoms with Crippen molar-refractivity contribution in [3.8, 4) is 0 Å². The van der Waals surface area contributed by atoms with Gasteiger partial charge < -0.3 is 30.8 Å². The van der Waals surface area contributed by atoms with Crippen molar-refractivity contribution in [1.82, 2.24) is 5.32 Å². The summed E-state index contributed by atoms with van der Waals surface area (Å²) >= 11 is 0. The molecule has 1 fully saturated rings. The van der Waals surface area contributed by atoms with Gasteiger partial charge >= 0.3 is 0 Å². The van der Waals surface area contributed by atoms with Gasteiger partial charge in [-0.25, -0.2) is 0 Å². The van der Waals surface area contributed by atoms with Crippen LogP contribution in [0.3, 0.4) is 0 Å². The van der Waals surface area contributed by atoms with Gasteiger partial charge in [0.2, 0.25) is 0 Å². The van der Waals surface area contributed by atoms with Gasteiger partial charge in [-0.2, -0.15) is 0 Å². The van der Waals surface area contributed by atoms with Crippen molar-refractivity contribution < 1.29 is 25.5 Å². The second-order valence-corrected chi connectivity index (χ2v) is 3.21. The van der Waals surface area contributed by atoms with Gasteiger partial charge in [-0.3, -0.25) is 0 Å². The number of nitrogens with one attached hydrogen (secondary N) is 1. The van der Waals surface area contributed by atoms with Crippen molar-refractivity contribution in [2.24, 2.45) is 0 Å². The van der Waals surface area contributed by atoms with E-state index in [9.17, 15) is 15.3 Å². The van der Waals surface area contributed by atoms with E-state index in [1.807, 2.05) is 0 Å². The number of rotatable bonds is 3. The molecule has 1 aliphatic heterocycles. The lowest BCUT2D eigenvalue weighted by molar-refractivity contribution is -0.0150. The highest BCUT2D eigenvalue weighted by Gasteiger charge is 2.43. The van der Waals surface area contributed by atoms with Crippen LogP contribution < -0.4 is 5.32 Å². The van der Waals surface area contributed by atoms with E-state index >= 15 is 0 Å². The quantitative estimate of drug-likeness (QED) is 0.276. The second kappa shape index (κ2) is 4.32. The standard InChI is InChI=1S/C7H15NO5/c9-1-3-6(12)7(13)5(8-3)4(11)2-10/h3-13H,1-2H2/t3-,4-,5-,6-,7-/m1/s1. The highest BCUT2D eigenvalue weighted by Crippen LogP contribution is 2.16. The van der Waals surface area contributed by atoms with Crippen LogP contribution in [0.15, 0.2) is 0 Å². The molecular formula is C7H15NO5. The molecule has 5 atom stereocenters. The van der Waals surface area contributed by atoms with E-state index in [0.29, 0.717) is 0 Å². The average molecular weight is 193 g/mol. The molecule has 0 aromatic carbocycles. The minimum atomic E-state index is -1.17. The van der Waals surface area contributed by atoms with Crippen LogP contribution in [-0.4, -0.2) is 69.1 Å². The third-order valence-electron chi connectivity index (χ3n) is 2.33. The molecule has 0 aliphatic carbocycles. The monoisotopic (exact) mass is 193 g/mol. The van der Waals surface area contributed by atoms with Gasteiger partial charge in [0.25, 0.3) is 0 Å². The Balaban J connectivity index is 2.60. The van der Waals surface area contributed by atoms with E-state index in [1.54, 1.807) is 0 Å². The highest BCUT2D eigenvalue weighted by molar-refractivity contribution is 5.00. The summed E-state index contributed by atoms with van der Waals surface area (Å²) < 4.78 is 0. The van der Waals surface area contributed by atoms with Gasteiger partial charge in [-0.15, -0.1) is 0 Å². The Morgan fingerprint density at radius 1 is 1.15 bits per heavy atom. The van der Waals surface area contributed by atoms with Crippen LogP contribution in [0.5, 0.6) is 0 Å². The summed E-state index contributed by atoms with van der Waals surface area (Å²) in [6.45, 7) is -0.827. The molecule has 6 heteroatoms. The van der Waals surface area contributed by atoms with E-state index < -0.39 is 37.0 Å². The summed E-state index contributed by atoms with van der Waals surface area (Å²) in [6, 6.07) is -1.45. The molecule has 1 saturated heterocycles. The van der Waals surface area contributed by atoms with E-state index in [4.69, 9.17) is 10.2 Å². The van der Waals surface area contributed by atoms with Crippen LogP contribution in [-0.2, 0) is 0 Å². The molecule has 0 radical (unpaired) electrons. The molecule has 0 amide bonds. The maximum atomic E-state index is 9.37. The SMILES string of the molecule is OC[C@@H](O)[C@H]1N[C@H](CO)[C@@H](O)[C@@H]1O. The van der Waals surface area contributed by atoms with Crippen LogP contribution in [0.25, 0.3) is 0 Å². The fraction of sp³-hybridized carbons (Fsp3) is 1.00. The van der Waals surface area contributed by atoms with Crippen molar-refractivity contribution >= 4 is 0 Å². The summed E-state index contributed by atoms with van der Waals surface area (Å²) in [5.41, 5.74) is 0. The summed E-state index contributed by atoms with van der Waals surface area (Å²) in [5.74, 6) is 0. The lowest BCUT2D eigenvalue weighted by atomic mass is 10.0. The third kappa shape index (κ3) is 1.98. The van der Waals surface area contributed by atoms with E-state index in [0.717, 1.165) is 0 Å². The Labute approximate surface area is 75.4 Å². The molecule has 0 aromatic rings. The molecule has 1 rings (SSSR count). The third-order valence-corrected chi connectivity index (χ3v) is 2.33. The predicted octanol–water partition coefficient (Wildman–Crippen LogP) is -3.61. The minimum Gasteiger partial charge on any atom is -0.395 e. The molecule has 0 spiro atoms. The van der Waals surface area contributed by atoms with Crippen LogP contribution >= 0.6 is 0 Å². The van der Waals surface area contributed by atoms with Gasteiger partial charge in [-0.1, -0.05) is 0 Å². The van der Waals surface area contributed by atoms with Crippen molar-refractivity contribution in [2.75, 3.05) is 13.2 Å². The Hall–Kier alpha value is -0.240. The molecular weight excluding hydrogens is 178 g/mol. The zero-order chi connectivity index (χ0) is 10.0. The van der Waals surface area contributed by atoms with Crippen molar-refractivity contribution in [1.29, 1.82) is 0 Å². The second-order valence-electron chi connectivity index (χ2n) is 3.21. The lowest BCUT2D eigenvalue weighted by Gasteiger charge is -2.19. The summed E-state index contributed by atoms with van der Waals surface area (Å²) in [7, 11) is 0. The Morgan fingerprint density at radius 3 is 2.15 bits per heavy atom. The summed E-state index contributed by atoms with van der Waals surface area (Å²) in [4.78, 5) is 0. The van der Waals surface area contributed by atoms with Crippen molar-refractivity contribution in [3.05, 3.63) is 0 Å². The summed E-state index contributed by atoms with van der Waals surface area (Å²) in [5, 5.41) is 47.9. The molecule has 6 N–H and O–H groups in total. The molecule has 6 nitrogen and oxygen atoms in total. The smallest absolute Gasteiger partial charge is 0.0994 e. The minimum absolute atomic E-state index is 0.327. The van der Waals surface area contributed by atoms with E-state index in [-0.39, 0.29) is 6.61 Å². The molecule has 0 aromatic heterocycles. The molecule has 0 saturated carbocycles. The van der Waals surface area contributed by atoms with Crippen LogP contribution in [0, 0.1) is 0 Å². The zero-order valence-electron chi connectivity index (χ0n) is 7.04. The van der Waals surface area contributed by atoms with Crippen molar-refractivity contribution in [2.45, 2.75) is 30.4 Å². The van der Waals surface area contributed by atoms with Crippen LogP contribution in [0.2, 0.25) is 0 Å². The fourth-order valence-corrected chi connectivity index (χ4v) is 1.51. The Kier molecular flexibility index (Phi) is 3.60. The number of aliphatic hydroxyl groups excluding tert-OH is 5. The first-order valence-corrected chi connectivity index (χ1v) is 4.13. The largest absolute Gasteiger partial charge is 0.395 e. The average Bonchev–Trinajstić information content (AvgIpc) is 2.43. The number of aliphatic hydroxyl groups is 5. The van der Waals surface area contributed by atoms with Gasteiger partial charge in [-0.05, 0) is 0 Å². The molecule has 13 heavy (non-hydrogen) atoms. The molecule has 1 aliphatic rings. The Bertz CT molecular complexity index is 167. The van der Waals surface area contributed by atoms with Gasteiger partial charge in [0.1, 0.15) is 0 Å². The molecule has 78 valence electrons. The van der Waals surface area contributed by atoms with Crippen LogP contribution in [0.1, 0.15) is 0 Å². The number of hydrogen-bond acceptors (Lipinski definition) is 6. The molecule has 0 unspecified atom stereocenters. The first kappa shape index (κ1) is 10.8. The van der Waals surface area contributed by atoms with E-state index in [1.165, 1.54) is 0 Å². The van der Waals surface area contributed by atoms with E-state index in [2.05, 4.69) is 5.32 Å². The highest BCUT2D eigenvalue weighted by atomic mass is 16.3. The lowest BCUT2D eigenvalue weighted by Crippen LogP contribution is -2.45. The topological polar surface area (TPSA) is 113 Å². The molecule has 1 heterocycles. The normalized spacial score (nSPS) is 42.2. The van der Waals surface area contributed by atoms with Crippen molar-refractivity contribution in [3.63, 3.8) is 0 Å².